The fourth-order valence-corrected chi connectivity index (χ4v) is 9.91. The van der Waals surface area contributed by atoms with Crippen molar-refractivity contribution in [1.29, 1.82) is 0 Å². The molecule has 414 valence electrons. The minimum absolute atomic E-state index is 0.0118. The predicted octanol–water partition coefficient (Wildman–Crippen LogP) is 19.8. The van der Waals surface area contributed by atoms with Crippen molar-refractivity contribution >= 4 is 11.9 Å². The fraction of sp³-hybridized carbons (Fsp3) is 0.906. The molecule has 0 bridgehead atoms. The first-order valence-corrected chi connectivity index (χ1v) is 31.6. The van der Waals surface area contributed by atoms with Gasteiger partial charge in [-0.3, -0.25) is 9.59 Å². The number of rotatable bonds is 59. The lowest BCUT2D eigenvalue weighted by Gasteiger charge is -2.22. The van der Waals surface area contributed by atoms with Crippen LogP contribution in [0, 0.1) is 0 Å². The van der Waals surface area contributed by atoms with Gasteiger partial charge in [-0.2, -0.15) is 0 Å². The summed E-state index contributed by atoms with van der Waals surface area (Å²) in [7, 11) is 0. The summed E-state index contributed by atoms with van der Waals surface area (Å²) in [5.74, 6) is -0.0594. The third-order valence-corrected chi connectivity index (χ3v) is 14.8. The molecule has 0 aliphatic rings. The Morgan fingerprint density at radius 1 is 0.400 bits per heavy atom. The van der Waals surface area contributed by atoms with Crippen molar-refractivity contribution in [3.05, 3.63) is 24.3 Å². The molecule has 70 heavy (non-hydrogen) atoms. The number of carbonyl (C=O) groups excluding carboxylic acids is 2. The van der Waals surface area contributed by atoms with E-state index in [1.54, 1.807) is 0 Å². The second-order valence-corrected chi connectivity index (χ2v) is 21.7. The molecule has 0 saturated heterocycles. The highest BCUT2D eigenvalue weighted by molar-refractivity contribution is 5.76. The van der Waals surface area contributed by atoms with Crippen LogP contribution in [-0.4, -0.2) is 47.4 Å². The van der Waals surface area contributed by atoms with Crippen molar-refractivity contribution in [2.45, 2.75) is 360 Å². The zero-order valence-electron chi connectivity index (χ0n) is 47.3. The summed E-state index contributed by atoms with van der Waals surface area (Å²) in [6, 6.07) is -0.554. The number of carbonyl (C=O) groups is 2. The molecule has 0 spiro atoms. The average Bonchev–Trinajstić information content (AvgIpc) is 3.36. The normalized spacial score (nSPS) is 12.7. The van der Waals surface area contributed by atoms with E-state index in [-0.39, 0.29) is 18.5 Å². The van der Waals surface area contributed by atoms with Gasteiger partial charge >= 0.3 is 5.97 Å². The monoisotopic (exact) mass is 986 g/mol. The number of nitrogens with one attached hydrogen (secondary N) is 1. The van der Waals surface area contributed by atoms with Crippen LogP contribution in [0.25, 0.3) is 0 Å². The van der Waals surface area contributed by atoms with Crippen molar-refractivity contribution in [2.75, 3.05) is 13.2 Å². The molecule has 0 aromatic heterocycles. The van der Waals surface area contributed by atoms with Gasteiger partial charge in [-0.15, -0.1) is 0 Å². The van der Waals surface area contributed by atoms with Gasteiger partial charge in [-0.05, 0) is 64.2 Å². The van der Waals surface area contributed by atoms with E-state index in [1.165, 1.54) is 231 Å². The molecule has 0 aliphatic carbocycles. The third kappa shape index (κ3) is 55.7. The smallest absolute Gasteiger partial charge is 0.305 e. The van der Waals surface area contributed by atoms with Gasteiger partial charge in [-0.25, -0.2) is 0 Å². The van der Waals surface area contributed by atoms with Gasteiger partial charge in [0.25, 0.3) is 0 Å². The van der Waals surface area contributed by atoms with Crippen LogP contribution in [0.3, 0.4) is 0 Å². The van der Waals surface area contributed by atoms with E-state index >= 15 is 0 Å². The van der Waals surface area contributed by atoms with Crippen molar-refractivity contribution in [3.8, 4) is 0 Å². The lowest BCUT2D eigenvalue weighted by molar-refractivity contribution is -0.143. The summed E-state index contributed by atoms with van der Waals surface area (Å²) in [6.07, 6.45) is 73.3. The SMILES string of the molecule is CCCCCCCCCCCCCCCCCCCCCCCC(O)C(CO)NC(=O)CCCCCCCCC/C=C\C/C=C\CCCCCOC(=O)CCCCCCCCCCCCCCCCC. The van der Waals surface area contributed by atoms with E-state index in [0.29, 0.717) is 25.9 Å². The van der Waals surface area contributed by atoms with E-state index in [9.17, 15) is 19.8 Å². The molecule has 2 unspecified atom stereocenters. The summed E-state index contributed by atoms with van der Waals surface area (Å²) in [5, 5.41) is 23.4. The van der Waals surface area contributed by atoms with Crippen molar-refractivity contribution in [2.24, 2.45) is 0 Å². The summed E-state index contributed by atoms with van der Waals surface area (Å²) < 4.78 is 5.46. The Morgan fingerprint density at radius 2 is 0.714 bits per heavy atom. The maximum absolute atomic E-state index is 12.5. The van der Waals surface area contributed by atoms with Gasteiger partial charge in [0, 0.05) is 12.8 Å². The lowest BCUT2D eigenvalue weighted by Crippen LogP contribution is -2.45. The molecule has 3 N–H and O–H groups in total. The molecule has 1 amide bonds. The first-order valence-electron chi connectivity index (χ1n) is 31.6. The molecule has 0 heterocycles. The van der Waals surface area contributed by atoms with Crippen molar-refractivity contribution in [3.63, 3.8) is 0 Å². The summed E-state index contributed by atoms with van der Waals surface area (Å²) in [5.41, 5.74) is 0. The molecule has 6 nitrogen and oxygen atoms in total. The Kier molecular flexibility index (Phi) is 58.5. The standard InChI is InChI=1S/C64H123NO5/c1-3-5-7-9-11-13-15-17-19-20-21-22-23-25-29-32-36-40-44-48-52-56-62(67)61(60-66)65-63(68)57-53-49-45-41-37-33-30-26-24-27-31-35-39-43-47-51-55-59-70-64(69)58-54-50-46-42-38-34-28-18-16-14-12-10-8-6-4-2/h24,27,35,39,61-62,66-67H,3-23,25-26,28-34,36-38,40-60H2,1-2H3,(H,65,68)/b27-24-,39-35-. The molecule has 0 rings (SSSR count). The molecule has 0 radical (unpaired) electrons. The highest BCUT2D eigenvalue weighted by atomic mass is 16.5. The Balaban J connectivity index is 3.48. The van der Waals surface area contributed by atoms with Crippen LogP contribution >= 0.6 is 0 Å². The zero-order valence-corrected chi connectivity index (χ0v) is 47.3. The Morgan fingerprint density at radius 3 is 1.09 bits per heavy atom. The van der Waals surface area contributed by atoms with Crippen LogP contribution in [0.2, 0.25) is 0 Å². The number of hydrogen-bond donors (Lipinski definition) is 3. The summed E-state index contributed by atoms with van der Waals surface area (Å²) in [6.45, 7) is 4.94. The molecule has 6 heteroatoms. The maximum atomic E-state index is 12.5. The lowest BCUT2D eigenvalue weighted by atomic mass is 10.0. The fourth-order valence-electron chi connectivity index (χ4n) is 9.91. The molecule has 0 aromatic rings. The van der Waals surface area contributed by atoms with Crippen LogP contribution in [0.4, 0.5) is 0 Å². The molecular formula is C64H123NO5. The average molecular weight is 987 g/mol. The molecule has 0 saturated carbocycles. The summed E-state index contributed by atoms with van der Waals surface area (Å²) in [4.78, 5) is 24.6. The van der Waals surface area contributed by atoms with Crippen LogP contribution in [0.15, 0.2) is 24.3 Å². The summed E-state index contributed by atoms with van der Waals surface area (Å²) >= 11 is 0. The Bertz CT molecular complexity index is 1090. The van der Waals surface area contributed by atoms with Crippen molar-refractivity contribution in [1.82, 2.24) is 5.32 Å². The predicted molar refractivity (Wildman–Crippen MR) is 306 cm³/mol. The Labute approximate surface area is 437 Å². The number of allylic oxidation sites excluding steroid dienone is 4. The number of aliphatic hydroxyl groups is 2. The largest absolute Gasteiger partial charge is 0.466 e. The number of unbranched alkanes of at least 4 members (excludes halogenated alkanes) is 44. The van der Waals surface area contributed by atoms with Gasteiger partial charge in [0.1, 0.15) is 0 Å². The van der Waals surface area contributed by atoms with Gasteiger partial charge in [0.15, 0.2) is 0 Å². The first-order chi connectivity index (χ1) is 34.5. The molecular weight excluding hydrogens is 863 g/mol. The Hall–Kier alpha value is -1.66. The molecule has 0 aliphatic heterocycles. The van der Waals surface area contributed by atoms with E-state index in [0.717, 1.165) is 83.5 Å². The van der Waals surface area contributed by atoms with E-state index < -0.39 is 12.1 Å². The van der Waals surface area contributed by atoms with Gasteiger partial charge in [-0.1, -0.05) is 295 Å². The number of ether oxygens (including phenoxy) is 1. The van der Waals surface area contributed by atoms with Crippen molar-refractivity contribution < 1.29 is 24.5 Å². The second-order valence-electron chi connectivity index (χ2n) is 21.7. The highest BCUT2D eigenvalue weighted by Crippen LogP contribution is 2.18. The van der Waals surface area contributed by atoms with Crippen LogP contribution in [-0.2, 0) is 14.3 Å². The quantitative estimate of drug-likeness (QED) is 0.0321. The van der Waals surface area contributed by atoms with Crippen LogP contribution in [0.1, 0.15) is 348 Å². The maximum Gasteiger partial charge on any atom is 0.305 e. The van der Waals surface area contributed by atoms with Gasteiger partial charge in [0.2, 0.25) is 5.91 Å². The van der Waals surface area contributed by atoms with Crippen LogP contribution in [0.5, 0.6) is 0 Å². The number of hydrogen-bond acceptors (Lipinski definition) is 5. The second kappa shape index (κ2) is 59.9. The minimum Gasteiger partial charge on any atom is -0.466 e. The van der Waals surface area contributed by atoms with Gasteiger partial charge < -0.3 is 20.3 Å². The minimum atomic E-state index is -0.676. The van der Waals surface area contributed by atoms with E-state index in [2.05, 4.69) is 43.5 Å². The topological polar surface area (TPSA) is 95.9 Å². The van der Waals surface area contributed by atoms with E-state index in [1.807, 2.05) is 0 Å². The van der Waals surface area contributed by atoms with Crippen LogP contribution < -0.4 is 5.32 Å². The zero-order chi connectivity index (χ0) is 50.7. The number of esters is 1. The van der Waals surface area contributed by atoms with E-state index in [4.69, 9.17) is 4.74 Å². The highest BCUT2D eigenvalue weighted by Gasteiger charge is 2.20. The molecule has 0 fully saturated rings. The molecule has 2 atom stereocenters. The molecule has 0 aromatic carbocycles. The third-order valence-electron chi connectivity index (χ3n) is 14.8. The first kappa shape index (κ1) is 68.3. The van der Waals surface area contributed by atoms with Gasteiger partial charge in [0.05, 0.1) is 25.4 Å². The number of amides is 1. The number of aliphatic hydroxyl groups excluding tert-OH is 2.